The molecule has 0 bridgehead atoms. The van der Waals surface area contributed by atoms with E-state index in [-0.39, 0.29) is 0 Å². The number of rotatable bonds is 4. The van der Waals surface area contributed by atoms with Crippen LogP contribution < -0.4 is 21.5 Å². The highest BCUT2D eigenvalue weighted by Crippen LogP contribution is 2.34. The molecule has 0 aliphatic heterocycles. The third kappa shape index (κ3) is 3.23. The highest BCUT2D eigenvalue weighted by Gasteiger charge is 2.14. The maximum atomic E-state index is 11.4. The smallest absolute Gasteiger partial charge is 0.333 e. The summed E-state index contributed by atoms with van der Waals surface area (Å²) >= 11 is 6.22. The number of nitrogens with two attached hydrogens (primary N) is 1. The number of furan rings is 1. The fourth-order valence-corrected chi connectivity index (χ4v) is 2.20. The Labute approximate surface area is 121 Å². The Morgan fingerprint density at radius 2 is 2.20 bits per heavy atom. The van der Waals surface area contributed by atoms with E-state index in [1.54, 1.807) is 24.5 Å². The number of anilines is 2. The lowest BCUT2D eigenvalue weighted by molar-refractivity contribution is 0.252. The van der Waals surface area contributed by atoms with Crippen LogP contribution in [0.1, 0.15) is 5.76 Å². The second-order valence-electron chi connectivity index (χ2n) is 4.17. The van der Waals surface area contributed by atoms with E-state index in [0.717, 1.165) is 5.76 Å². The number of nitrogens with zero attached hydrogens (tertiary/aromatic N) is 1. The van der Waals surface area contributed by atoms with Gasteiger partial charge in [-0.05, 0) is 24.3 Å². The lowest BCUT2D eigenvalue weighted by Gasteiger charge is -2.22. The van der Waals surface area contributed by atoms with Crippen LogP contribution in [0, 0.1) is 0 Å². The van der Waals surface area contributed by atoms with Crippen LogP contribution in [0.25, 0.3) is 0 Å². The third-order valence-corrected chi connectivity index (χ3v) is 3.03. The van der Waals surface area contributed by atoms with Gasteiger partial charge in [0.25, 0.3) is 0 Å². The summed E-state index contributed by atoms with van der Waals surface area (Å²) in [6.45, 7) is 0.523. The molecule has 0 fully saturated rings. The van der Waals surface area contributed by atoms with Gasteiger partial charge in [0, 0.05) is 7.05 Å². The van der Waals surface area contributed by atoms with E-state index in [2.05, 4.69) is 5.32 Å². The molecule has 2 amide bonds. The van der Waals surface area contributed by atoms with Crippen LogP contribution in [0.3, 0.4) is 0 Å². The monoisotopic (exact) mass is 294 g/mol. The molecule has 106 valence electrons. The van der Waals surface area contributed by atoms with Crippen LogP contribution in [-0.2, 0) is 6.54 Å². The zero-order valence-corrected chi connectivity index (χ0v) is 11.6. The van der Waals surface area contributed by atoms with Crippen molar-refractivity contribution in [3.05, 3.63) is 47.4 Å². The van der Waals surface area contributed by atoms with E-state index >= 15 is 0 Å². The maximum absolute atomic E-state index is 11.4. The molecular weight excluding hydrogens is 280 g/mol. The van der Waals surface area contributed by atoms with Crippen LogP contribution in [0.2, 0.25) is 5.02 Å². The standard InChI is InChI=1S/C13H15ClN4O2/c1-18(8-9-4-3-7-20-9)12-10(14)5-2-6-11(12)16-13(19)17-15/h2-7H,8,15H2,1H3,(H2,16,17,19). The largest absolute Gasteiger partial charge is 0.467 e. The molecule has 1 aromatic heterocycles. The SMILES string of the molecule is CN(Cc1ccco1)c1c(Cl)cccc1NC(=O)NN. The van der Waals surface area contributed by atoms with Gasteiger partial charge in [-0.25, -0.2) is 10.6 Å². The second-order valence-corrected chi connectivity index (χ2v) is 4.58. The molecule has 0 saturated heterocycles. The highest BCUT2D eigenvalue weighted by molar-refractivity contribution is 6.34. The number of hydrogen-bond donors (Lipinski definition) is 3. The summed E-state index contributed by atoms with van der Waals surface area (Å²) < 4.78 is 5.30. The number of urea groups is 1. The van der Waals surface area contributed by atoms with Gasteiger partial charge in [0.1, 0.15) is 5.76 Å². The lowest BCUT2D eigenvalue weighted by Crippen LogP contribution is -2.34. The molecule has 0 atom stereocenters. The number of hydrogen-bond acceptors (Lipinski definition) is 4. The minimum atomic E-state index is -0.514. The van der Waals surface area contributed by atoms with Gasteiger partial charge in [-0.1, -0.05) is 17.7 Å². The van der Waals surface area contributed by atoms with Crippen LogP contribution >= 0.6 is 11.6 Å². The van der Waals surface area contributed by atoms with E-state index in [9.17, 15) is 4.79 Å². The summed E-state index contributed by atoms with van der Waals surface area (Å²) in [6, 6.07) is 8.42. The number of hydrazine groups is 1. The number of benzene rings is 1. The summed E-state index contributed by atoms with van der Waals surface area (Å²) in [4.78, 5) is 13.2. The Balaban J connectivity index is 2.26. The van der Waals surface area contributed by atoms with E-state index in [1.165, 1.54) is 0 Å². The molecule has 7 heteroatoms. The van der Waals surface area contributed by atoms with Gasteiger partial charge in [-0.15, -0.1) is 0 Å². The van der Waals surface area contributed by atoms with Gasteiger partial charge in [0.05, 0.1) is 29.2 Å². The molecule has 0 aliphatic rings. The zero-order chi connectivity index (χ0) is 14.5. The van der Waals surface area contributed by atoms with E-state index < -0.39 is 6.03 Å². The number of para-hydroxylation sites is 1. The minimum absolute atomic E-state index is 0.514. The quantitative estimate of drug-likeness (QED) is 0.460. The van der Waals surface area contributed by atoms with Crippen molar-refractivity contribution in [2.45, 2.75) is 6.54 Å². The predicted molar refractivity (Wildman–Crippen MR) is 78.6 cm³/mol. The van der Waals surface area contributed by atoms with Gasteiger partial charge in [0.2, 0.25) is 0 Å². The Morgan fingerprint density at radius 3 is 2.85 bits per heavy atom. The van der Waals surface area contributed by atoms with Gasteiger partial charge in [-0.2, -0.15) is 0 Å². The van der Waals surface area contributed by atoms with Crippen molar-refractivity contribution in [1.82, 2.24) is 5.43 Å². The molecule has 2 aromatic rings. The van der Waals surface area contributed by atoms with Crippen molar-refractivity contribution >= 4 is 29.0 Å². The molecule has 1 aromatic carbocycles. The first kappa shape index (κ1) is 14.2. The number of halogens is 1. The summed E-state index contributed by atoms with van der Waals surface area (Å²) in [5.41, 5.74) is 3.27. The van der Waals surface area contributed by atoms with Crippen LogP contribution in [0.4, 0.5) is 16.2 Å². The van der Waals surface area contributed by atoms with Gasteiger partial charge >= 0.3 is 6.03 Å². The molecular formula is C13H15ClN4O2. The lowest BCUT2D eigenvalue weighted by atomic mass is 10.2. The molecule has 2 rings (SSSR count). The Hall–Kier alpha value is -2.18. The van der Waals surface area contributed by atoms with E-state index in [4.69, 9.17) is 21.9 Å². The zero-order valence-electron chi connectivity index (χ0n) is 10.9. The maximum Gasteiger partial charge on any atom is 0.333 e. The molecule has 1 heterocycles. The van der Waals surface area contributed by atoms with Gasteiger partial charge in [-0.3, -0.25) is 5.43 Å². The molecule has 0 aliphatic carbocycles. The summed E-state index contributed by atoms with van der Waals surface area (Å²) in [5.74, 6) is 5.86. The van der Waals surface area contributed by atoms with Crippen LogP contribution in [0.15, 0.2) is 41.0 Å². The molecule has 4 N–H and O–H groups in total. The van der Waals surface area contributed by atoms with Crippen molar-refractivity contribution in [2.24, 2.45) is 5.84 Å². The second kappa shape index (κ2) is 6.31. The summed E-state index contributed by atoms with van der Waals surface area (Å²) in [7, 11) is 1.86. The molecule has 0 unspecified atom stereocenters. The number of nitrogens with one attached hydrogen (secondary N) is 2. The van der Waals surface area contributed by atoms with Crippen molar-refractivity contribution in [2.75, 3.05) is 17.3 Å². The minimum Gasteiger partial charge on any atom is -0.467 e. The Kier molecular flexibility index (Phi) is 4.49. The Morgan fingerprint density at radius 1 is 1.40 bits per heavy atom. The number of amides is 2. The normalized spacial score (nSPS) is 10.2. The van der Waals surface area contributed by atoms with Crippen molar-refractivity contribution < 1.29 is 9.21 Å². The highest BCUT2D eigenvalue weighted by atomic mass is 35.5. The molecule has 0 saturated carbocycles. The molecule has 0 spiro atoms. The Bertz CT molecular complexity index is 586. The molecule has 20 heavy (non-hydrogen) atoms. The third-order valence-electron chi connectivity index (χ3n) is 2.72. The average Bonchev–Trinajstić information content (AvgIpc) is 2.91. The van der Waals surface area contributed by atoms with E-state index in [0.29, 0.717) is 22.9 Å². The first-order valence-electron chi connectivity index (χ1n) is 5.91. The molecule has 0 radical (unpaired) electrons. The summed E-state index contributed by atoms with van der Waals surface area (Å²) in [5, 5.41) is 3.15. The van der Waals surface area contributed by atoms with Gasteiger partial charge < -0.3 is 14.6 Å². The van der Waals surface area contributed by atoms with Crippen LogP contribution in [-0.4, -0.2) is 13.1 Å². The van der Waals surface area contributed by atoms with Crippen LogP contribution in [0.5, 0.6) is 0 Å². The van der Waals surface area contributed by atoms with Crippen molar-refractivity contribution in [1.29, 1.82) is 0 Å². The average molecular weight is 295 g/mol. The van der Waals surface area contributed by atoms with Crippen molar-refractivity contribution in [3.63, 3.8) is 0 Å². The van der Waals surface area contributed by atoms with Crippen molar-refractivity contribution in [3.8, 4) is 0 Å². The number of carbonyl (C=O) groups excluding carboxylic acids is 1. The number of carbonyl (C=O) groups is 1. The summed E-state index contributed by atoms with van der Waals surface area (Å²) in [6.07, 6.45) is 1.61. The molecule has 6 nitrogen and oxygen atoms in total. The first-order chi connectivity index (χ1) is 9.61. The predicted octanol–water partition coefficient (Wildman–Crippen LogP) is 2.56. The topological polar surface area (TPSA) is 83.5 Å². The van der Waals surface area contributed by atoms with E-state index in [1.807, 2.05) is 29.5 Å². The fraction of sp³-hybridized carbons (Fsp3) is 0.154. The fourth-order valence-electron chi connectivity index (χ4n) is 1.88. The van der Waals surface area contributed by atoms with Gasteiger partial charge in [0.15, 0.2) is 0 Å². The first-order valence-corrected chi connectivity index (χ1v) is 6.29.